The normalized spacial score (nSPS) is 10.9. The third kappa shape index (κ3) is 5.99. The highest BCUT2D eigenvalue weighted by molar-refractivity contribution is 5.90. The molecule has 1 rings (SSSR count). The lowest BCUT2D eigenvalue weighted by atomic mass is 10.2. The second-order valence-corrected chi connectivity index (χ2v) is 5.74. The van der Waals surface area contributed by atoms with Crippen LogP contribution in [0.25, 0.3) is 0 Å². The molecule has 122 valence electrons. The first kappa shape index (κ1) is 17.7. The van der Waals surface area contributed by atoms with Crippen LogP contribution in [0.4, 0.5) is 10.5 Å². The monoisotopic (exact) mass is 309 g/mol. The number of carbonyl (C=O) groups excluding carboxylic acids is 2. The van der Waals surface area contributed by atoms with Gasteiger partial charge in [-0.25, -0.2) is 4.79 Å². The van der Waals surface area contributed by atoms with Gasteiger partial charge < -0.3 is 19.9 Å². The fraction of sp³-hybridized carbons (Fsp3) is 0.533. The topological polar surface area (TPSA) is 89.4 Å². The lowest BCUT2D eigenvalue weighted by Gasteiger charge is -2.19. The molecule has 7 nitrogen and oxygen atoms in total. The van der Waals surface area contributed by atoms with Crippen molar-refractivity contribution in [3.8, 4) is 0 Å². The van der Waals surface area contributed by atoms with Crippen LogP contribution in [-0.4, -0.2) is 28.7 Å². The Bertz CT molecular complexity index is 587. The fourth-order valence-corrected chi connectivity index (χ4v) is 1.69. The van der Waals surface area contributed by atoms with E-state index in [1.54, 1.807) is 39.1 Å². The van der Waals surface area contributed by atoms with Crippen LogP contribution < -0.4 is 16.2 Å². The fourth-order valence-electron chi connectivity index (χ4n) is 1.69. The van der Waals surface area contributed by atoms with E-state index in [1.165, 1.54) is 4.57 Å². The Hall–Kier alpha value is -2.31. The summed E-state index contributed by atoms with van der Waals surface area (Å²) in [4.78, 5) is 35.1. The quantitative estimate of drug-likeness (QED) is 0.866. The van der Waals surface area contributed by atoms with E-state index in [0.717, 1.165) is 0 Å². The van der Waals surface area contributed by atoms with E-state index in [0.29, 0.717) is 6.54 Å². The van der Waals surface area contributed by atoms with Crippen LogP contribution in [0.3, 0.4) is 0 Å². The number of hydrogen-bond donors (Lipinski definition) is 2. The lowest BCUT2D eigenvalue weighted by Crippen LogP contribution is -2.34. The molecule has 0 aliphatic rings. The molecule has 0 radical (unpaired) electrons. The predicted octanol–water partition coefficient (Wildman–Crippen LogP) is 1.72. The van der Waals surface area contributed by atoms with Gasteiger partial charge in [0.25, 0.3) is 5.56 Å². The second-order valence-electron chi connectivity index (χ2n) is 5.74. The first-order valence-corrected chi connectivity index (χ1v) is 7.19. The van der Waals surface area contributed by atoms with E-state index in [2.05, 4.69) is 10.6 Å². The highest BCUT2D eigenvalue weighted by Crippen LogP contribution is 2.06. The van der Waals surface area contributed by atoms with E-state index < -0.39 is 11.7 Å². The first-order chi connectivity index (χ1) is 10.2. The number of ether oxygens (including phenoxy) is 1. The molecule has 22 heavy (non-hydrogen) atoms. The summed E-state index contributed by atoms with van der Waals surface area (Å²) in [7, 11) is 0. The summed E-state index contributed by atoms with van der Waals surface area (Å²) in [6.45, 7) is 7.78. The lowest BCUT2D eigenvalue weighted by molar-refractivity contribution is -0.116. The maximum absolute atomic E-state index is 11.9. The molecular formula is C15H23N3O4. The Balaban J connectivity index is 2.45. The molecule has 1 aromatic heterocycles. The van der Waals surface area contributed by atoms with E-state index >= 15 is 0 Å². The SMILES string of the molecule is CCn1cccc(NC(=O)CCNC(=O)OC(C)(C)C)c1=O. The maximum atomic E-state index is 11.9. The van der Waals surface area contributed by atoms with Crippen molar-refractivity contribution in [1.29, 1.82) is 0 Å². The third-order valence-corrected chi connectivity index (χ3v) is 2.66. The Morgan fingerprint density at radius 3 is 2.59 bits per heavy atom. The van der Waals surface area contributed by atoms with Crippen molar-refractivity contribution in [3.05, 3.63) is 28.7 Å². The van der Waals surface area contributed by atoms with Crippen molar-refractivity contribution in [1.82, 2.24) is 9.88 Å². The van der Waals surface area contributed by atoms with E-state index in [-0.39, 0.29) is 30.1 Å². The average Bonchev–Trinajstić information content (AvgIpc) is 2.39. The number of amides is 2. The zero-order valence-corrected chi connectivity index (χ0v) is 13.4. The van der Waals surface area contributed by atoms with Crippen molar-refractivity contribution >= 4 is 17.7 Å². The molecule has 0 saturated carbocycles. The third-order valence-electron chi connectivity index (χ3n) is 2.66. The van der Waals surface area contributed by atoms with Gasteiger partial charge in [0.15, 0.2) is 0 Å². The Kier molecular flexibility index (Phi) is 6.15. The molecule has 0 aliphatic carbocycles. The van der Waals surface area contributed by atoms with Gasteiger partial charge in [-0.2, -0.15) is 0 Å². The zero-order valence-electron chi connectivity index (χ0n) is 13.4. The molecule has 0 spiro atoms. The molecule has 0 aliphatic heterocycles. The highest BCUT2D eigenvalue weighted by Gasteiger charge is 2.16. The van der Waals surface area contributed by atoms with Crippen LogP contribution in [-0.2, 0) is 16.1 Å². The van der Waals surface area contributed by atoms with Gasteiger partial charge in [0.05, 0.1) is 0 Å². The molecule has 0 saturated heterocycles. The number of anilines is 1. The number of aromatic nitrogens is 1. The smallest absolute Gasteiger partial charge is 0.407 e. The summed E-state index contributed by atoms with van der Waals surface area (Å²) < 4.78 is 6.55. The molecule has 0 fully saturated rings. The summed E-state index contributed by atoms with van der Waals surface area (Å²) >= 11 is 0. The molecule has 1 heterocycles. The molecule has 0 aromatic carbocycles. The zero-order chi connectivity index (χ0) is 16.8. The van der Waals surface area contributed by atoms with Crippen LogP contribution in [0.1, 0.15) is 34.1 Å². The van der Waals surface area contributed by atoms with Crippen LogP contribution in [0.15, 0.2) is 23.1 Å². The van der Waals surface area contributed by atoms with Crippen molar-refractivity contribution < 1.29 is 14.3 Å². The molecule has 2 amide bonds. The predicted molar refractivity (Wildman–Crippen MR) is 83.9 cm³/mol. The summed E-state index contributed by atoms with van der Waals surface area (Å²) in [6, 6.07) is 3.24. The summed E-state index contributed by atoms with van der Waals surface area (Å²) in [6.07, 6.45) is 1.13. The van der Waals surface area contributed by atoms with Gasteiger partial charge in [-0.15, -0.1) is 0 Å². The number of nitrogens with one attached hydrogen (secondary N) is 2. The molecule has 2 N–H and O–H groups in total. The minimum absolute atomic E-state index is 0.0553. The van der Waals surface area contributed by atoms with Crippen molar-refractivity contribution in [3.63, 3.8) is 0 Å². The van der Waals surface area contributed by atoms with E-state index in [9.17, 15) is 14.4 Å². The van der Waals surface area contributed by atoms with Crippen molar-refractivity contribution in [2.75, 3.05) is 11.9 Å². The van der Waals surface area contributed by atoms with Crippen molar-refractivity contribution in [2.45, 2.75) is 46.3 Å². The Morgan fingerprint density at radius 2 is 2.00 bits per heavy atom. The molecule has 0 unspecified atom stereocenters. The highest BCUT2D eigenvalue weighted by atomic mass is 16.6. The Labute approximate surface area is 129 Å². The first-order valence-electron chi connectivity index (χ1n) is 7.19. The van der Waals surface area contributed by atoms with Gasteiger partial charge in [-0.3, -0.25) is 9.59 Å². The van der Waals surface area contributed by atoms with Gasteiger partial charge in [-0.1, -0.05) is 0 Å². The van der Waals surface area contributed by atoms with Crippen molar-refractivity contribution in [2.24, 2.45) is 0 Å². The number of alkyl carbamates (subject to hydrolysis) is 1. The van der Waals surface area contributed by atoms with Gasteiger partial charge in [0, 0.05) is 25.7 Å². The summed E-state index contributed by atoms with van der Waals surface area (Å²) in [5.41, 5.74) is -0.605. The molecule has 0 atom stereocenters. The molecule has 1 aromatic rings. The van der Waals surface area contributed by atoms with Crippen LogP contribution in [0, 0.1) is 0 Å². The van der Waals surface area contributed by atoms with E-state index in [4.69, 9.17) is 4.74 Å². The van der Waals surface area contributed by atoms with Gasteiger partial charge in [0.2, 0.25) is 5.91 Å². The average molecular weight is 309 g/mol. The number of pyridine rings is 1. The van der Waals surface area contributed by atoms with Crippen LogP contribution in [0.5, 0.6) is 0 Å². The Morgan fingerprint density at radius 1 is 1.32 bits per heavy atom. The standard InChI is InChI=1S/C15H23N3O4/c1-5-18-10-6-7-11(13(18)20)17-12(19)8-9-16-14(21)22-15(2,3)4/h6-7,10H,5,8-9H2,1-4H3,(H,16,21)(H,17,19). The second kappa shape index (κ2) is 7.63. The largest absolute Gasteiger partial charge is 0.444 e. The molecule has 0 bridgehead atoms. The van der Waals surface area contributed by atoms with Gasteiger partial charge >= 0.3 is 6.09 Å². The molecular weight excluding hydrogens is 286 g/mol. The maximum Gasteiger partial charge on any atom is 0.407 e. The van der Waals surface area contributed by atoms with E-state index in [1.807, 2.05) is 6.92 Å². The summed E-state index contributed by atoms with van der Waals surface area (Å²) in [5.74, 6) is -0.345. The van der Waals surface area contributed by atoms with Gasteiger partial charge in [0.1, 0.15) is 11.3 Å². The van der Waals surface area contributed by atoms with Crippen LogP contribution in [0.2, 0.25) is 0 Å². The number of rotatable bonds is 5. The number of nitrogens with zero attached hydrogens (tertiary/aromatic N) is 1. The van der Waals surface area contributed by atoms with Crippen LogP contribution >= 0.6 is 0 Å². The summed E-state index contributed by atoms with van der Waals surface area (Å²) in [5, 5.41) is 5.03. The number of aryl methyl sites for hydroxylation is 1. The number of carbonyl (C=O) groups is 2. The van der Waals surface area contributed by atoms with Gasteiger partial charge in [-0.05, 0) is 39.8 Å². The number of hydrogen-bond acceptors (Lipinski definition) is 4. The molecule has 7 heteroatoms. The minimum Gasteiger partial charge on any atom is -0.444 e. The minimum atomic E-state index is -0.582.